The van der Waals surface area contributed by atoms with Crippen LogP contribution in [0.4, 0.5) is 4.39 Å². The zero-order chi connectivity index (χ0) is 16.1. The quantitative estimate of drug-likeness (QED) is 0.830. The largest absolute Gasteiger partial charge is 0.371 e. The van der Waals surface area contributed by atoms with Gasteiger partial charge in [0, 0.05) is 6.61 Å². The Hall–Kier alpha value is -0.820. The molecule has 1 aliphatic heterocycles. The van der Waals surface area contributed by atoms with Gasteiger partial charge in [0.05, 0.1) is 17.1 Å². The number of benzene rings is 1. The highest BCUT2D eigenvalue weighted by Crippen LogP contribution is 2.31. The highest BCUT2D eigenvalue weighted by atomic mass is 35.5. The summed E-state index contributed by atoms with van der Waals surface area (Å²) in [6, 6.07) is 3.83. The number of nitrogens with two attached hydrogens (primary N) is 1. The molecule has 0 radical (unpaired) electrons. The molecule has 0 aromatic heterocycles. The van der Waals surface area contributed by atoms with Gasteiger partial charge in [-0.25, -0.2) is 4.39 Å². The summed E-state index contributed by atoms with van der Waals surface area (Å²) in [4.78, 5) is 12.1. The molecular weight excluding hydrogens is 327 g/mol. The van der Waals surface area contributed by atoms with Crippen molar-refractivity contribution in [3.63, 3.8) is 0 Å². The molecule has 0 bridgehead atoms. The number of carbonyl (C=O) groups is 1. The third kappa shape index (κ3) is 4.35. The SMILES string of the molecule is CSCC[C@H](N)C(=O)N[C@@H]1CCO[C@H]1c1ccc(Cl)c(F)c1. The Kier molecular flexibility index (Phi) is 6.50. The van der Waals surface area contributed by atoms with Gasteiger partial charge in [0.2, 0.25) is 5.91 Å². The summed E-state index contributed by atoms with van der Waals surface area (Å²) in [5, 5.41) is 2.99. The van der Waals surface area contributed by atoms with Gasteiger partial charge in [-0.3, -0.25) is 4.79 Å². The van der Waals surface area contributed by atoms with Crippen LogP contribution in [-0.4, -0.2) is 36.6 Å². The molecule has 122 valence electrons. The maximum atomic E-state index is 13.6. The van der Waals surface area contributed by atoms with Crippen molar-refractivity contribution >= 4 is 29.3 Å². The normalized spacial score (nSPS) is 22.5. The molecular formula is C15H20ClFN2O2S. The second-order valence-corrected chi connectivity index (χ2v) is 6.65. The third-order valence-corrected chi connectivity index (χ3v) is 4.61. The van der Waals surface area contributed by atoms with Gasteiger partial charge >= 0.3 is 0 Å². The minimum atomic E-state index is -0.532. The van der Waals surface area contributed by atoms with Crippen LogP contribution >= 0.6 is 23.4 Å². The highest BCUT2D eigenvalue weighted by Gasteiger charge is 2.32. The van der Waals surface area contributed by atoms with E-state index in [4.69, 9.17) is 22.1 Å². The molecule has 0 unspecified atom stereocenters. The molecule has 0 spiro atoms. The molecule has 1 aliphatic rings. The van der Waals surface area contributed by atoms with E-state index in [1.807, 2.05) is 6.26 Å². The van der Waals surface area contributed by atoms with Crippen LogP contribution in [0.1, 0.15) is 24.5 Å². The number of rotatable bonds is 6. The standard InChI is InChI=1S/C15H20ClFN2O2S/c1-22-7-5-12(18)15(20)19-13-4-6-21-14(13)9-2-3-10(16)11(17)8-9/h2-3,8,12-14H,4-7,18H2,1H3,(H,19,20)/t12-,13+,14-/m0/s1. The second-order valence-electron chi connectivity index (χ2n) is 5.26. The molecule has 3 atom stereocenters. The number of ether oxygens (including phenoxy) is 1. The van der Waals surface area contributed by atoms with Crippen LogP contribution in [0.5, 0.6) is 0 Å². The molecule has 1 saturated heterocycles. The Morgan fingerprint density at radius 1 is 1.64 bits per heavy atom. The highest BCUT2D eigenvalue weighted by molar-refractivity contribution is 7.98. The molecule has 22 heavy (non-hydrogen) atoms. The van der Waals surface area contributed by atoms with Crippen LogP contribution in [0.25, 0.3) is 0 Å². The van der Waals surface area contributed by atoms with Crippen molar-refractivity contribution in [2.75, 3.05) is 18.6 Å². The van der Waals surface area contributed by atoms with Crippen molar-refractivity contribution in [2.24, 2.45) is 5.73 Å². The Bertz CT molecular complexity index is 532. The first-order valence-electron chi connectivity index (χ1n) is 7.14. The Balaban J connectivity index is 2.01. The summed E-state index contributed by atoms with van der Waals surface area (Å²) in [6.45, 7) is 0.514. The smallest absolute Gasteiger partial charge is 0.237 e. The lowest BCUT2D eigenvalue weighted by Crippen LogP contribution is -2.46. The molecule has 1 amide bonds. The van der Waals surface area contributed by atoms with Gasteiger partial charge in [0.1, 0.15) is 11.9 Å². The predicted molar refractivity (Wildman–Crippen MR) is 87.6 cm³/mol. The summed E-state index contributed by atoms with van der Waals surface area (Å²) < 4.78 is 19.2. The molecule has 3 N–H and O–H groups in total. The lowest BCUT2D eigenvalue weighted by atomic mass is 10.0. The van der Waals surface area contributed by atoms with E-state index in [2.05, 4.69) is 5.32 Å². The van der Waals surface area contributed by atoms with E-state index < -0.39 is 11.9 Å². The molecule has 1 aromatic carbocycles. The number of hydrogen-bond donors (Lipinski definition) is 2. The number of thioether (sulfide) groups is 1. The first kappa shape index (κ1) is 17.5. The Morgan fingerprint density at radius 2 is 2.41 bits per heavy atom. The fourth-order valence-corrected chi connectivity index (χ4v) is 3.03. The minimum absolute atomic E-state index is 0.0708. The van der Waals surface area contributed by atoms with E-state index in [1.165, 1.54) is 12.1 Å². The van der Waals surface area contributed by atoms with Gasteiger partial charge in [-0.05, 0) is 42.5 Å². The number of amides is 1. The van der Waals surface area contributed by atoms with E-state index in [0.29, 0.717) is 25.0 Å². The van der Waals surface area contributed by atoms with Gasteiger partial charge in [0.25, 0.3) is 0 Å². The van der Waals surface area contributed by atoms with E-state index in [9.17, 15) is 9.18 Å². The summed E-state index contributed by atoms with van der Waals surface area (Å²) in [7, 11) is 0. The average Bonchev–Trinajstić information content (AvgIpc) is 2.95. The third-order valence-electron chi connectivity index (χ3n) is 3.66. The van der Waals surface area contributed by atoms with Crippen LogP contribution in [0.2, 0.25) is 5.02 Å². The summed E-state index contributed by atoms with van der Waals surface area (Å²) >= 11 is 7.35. The topological polar surface area (TPSA) is 64.4 Å². The summed E-state index contributed by atoms with van der Waals surface area (Å²) in [6.07, 6.45) is 2.90. The molecule has 1 aromatic rings. The van der Waals surface area contributed by atoms with Crippen LogP contribution < -0.4 is 11.1 Å². The second kappa shape index (κ2) is 8.15. The van der Waals surface area contributed by atoms with Crippen LogP contribution in [0.15, 0.2) is 18.2 Å². The fraction of sp³-hybridized carbons (Fsp3) is 0.533. The van der Waals surface area contributed by atoms with Crippen molar-refractivity contribution in [1.82, 2.24) is 5.32 Å². The summed E-state index contributed by atoms with van der Waals surface area (Å²) in [5.41, 5.74) is 6.53. The van der Waals surface area contributed by atoms with E-state index in [0.717, 1.165) is 5.75 Å². The van der Waals surface area contributed by atoms with E-state index in [-0.39, 0.29) is 23.1 Å². The van der Waals surface area contributed by atoms with Gasteiger partial charge in [-0.2, -0.15) is 11.8 Å². The predicted octanol–water partition coefficient (Wildman–Crippen LogP) is 2.51. The summed E-state index contributed by atoms with van der Waals surface area (Å²) in [5.74, 6) is 0.155. The van der Waals surface area contributed by atoms with Crippen molar-refractivity contribution in [3.8, 4) is 0 Å². The van der Waals surface area contributed by atoms with Crippen molar-refractivity contribution in [1.29, 1.82) is 0 Å². The van der Waals surface area contributed by atoms with Crippen LogP contribution in [0, 0.1) is 5.82 Å². The molecule has 1 fully saturated rings. The molecule has 4 nitrogen and oxygen atoms in total. The molecule has 0 saturated carbocycles. The molecule has 7 heteroatoms. The fourth-order valence-electron chi connectivity index (χ4n) is 2.42. The molecule has 2 rings (SSSR count). The number of carbonyl (C=O) groups excluding carboxylic acids is 1. The average molecular weight is 347 g/mol. The maximum Gasteiger partial charge on any atom is 0.237 e. The van der Waals surface area contributed by atoms with Gasteiger partial charge in [-0.1, -0.05) is 17.7 Å². The van der Waals surface area contributed by atoms with Gasteiger partial charge in [0.15, 0.2) is 0 Å². The Morgan fingerprint density at radius 3 is 3.09 bits per heavy atom. The Labute approximate surface area is 138 Å². The molecule has 1 heterocycles. The lowest BCUT2D eigenvalue weighted by molar-refractivity contribution is -0.123. The first-order chi connectivity index (χ1) is 10.5. The van der Waals surface area contributed by atoms with Gasteiger partial charge < -0.3 is 15.8 Å². The monoisotopic (exact) mass is 346 g/mol. The zero-order valence-corrected chi connectivity index (χ0v) is 13.9. The first-order valence-corrected chi connectivity index (χ1v) is 8.91. The molecule has 0 aliphatic carbocycles. The number of halogens is 2. The van der Waals surface area contributed by atoms with E-state index in [1.54, 1.807) is 17.8 Å². The van der Waals surface area contributed by atoms with Crippen LogP contribution in [-0.2, 0) is 9.53 Å². The van der Waals surface area contributed by atoms with Crippen LogP contribution in [0.3, 0.4) is 0 Å². The zero-order valence-electron chi connectivity index (χ0n) is 12.4. The lowest BCUT2D eigenvalue weighted by Gasteiger charge is -2.22. The number of hydrogen-bond acceptors (Lipinski definition) is 4. The van der Waals surface area contributed by atoms with E-state index >= 15 is 0 Å². The minimum Gasteiger partial charge on any atom is -0.371 e. The van der Waals surface area contributed by atoms with Crippen molar-refractivity contribution < 1.29 is 13.9 Å². The number of nitrogens with one attached hydrogen (secondary N) is 1. The van der Waals surface area contributed by atoms with Crippen molar-refractivity contribution in [3.05, 3.63) is 34.6 Å². The van der Waals surface area contributed by atoms with Gasteiger partial charge in [-0.15, -0.1) is 0 Å². The maximum absolute atomic E-state index is 13.6. The van der Waals surface area contributed by atoms with Crippen molar-refractivity contribution in [2.45, 2.75) is 31.0 Å².